The highest BCUT2D eigenvalue weighted by molar-refractivity contribution is 5.41. The van der Waals surface area contributed by atoms with E-state index in [4.69, 9.17) is 9.47 Å². The topological polar surface area (TPSA) is 38.7 Å². The zero-order valence-corrected chi connectivity index (χ0v) is 9.82. The Hall–Kier alpha value is -2.00. The molecule has 2 atom stereocenters. The van der Waals surface area contributed by atoms with E-state index in [9.17, 15) is 5.11 Å². The zero-order chi connectivity index (χ0) is 12.4. The third kappa shape index (κ3) is 2.05. The smallest absolute Gasteiger partial charge is 0.162 e. The van der Waals surface area contributed by atoms with Crippen LogP contribution in [0, 0.1) is 0 Å². The fourth-order valence-electron chi connectivity index (χ4n) is 2.08. The molecule has 0 amide bonds. The van der Waals surface area contributed by atoms with Crippen molar-refractivity contribution in [3.8, 4) is 11.5 Å². The summed E-state index contributed by atoms with van der Waals surface area (Å²) in [6, 6.07) is 17.2. The van der Waals surface area contributed by atoms with Gasteiger partial charge >= 0.3 is 0 Å². The van der Waals surface area contributed by atoms with Gasteiger partial charge in [-0.05, 0) is 17.7 Å². The van der Waals surface area contributed by atoms with Gasteiger partial charge in [-0.15, -0.1) is 0 Å². The molecule has 2 aromatic carbocycles. The number of aliphatic hydroxyl groups is 1. The first-order valence-corrected chi connectivity index (χ1v) is 5.96. The van der Waals surface area contributed by atoms with E-state index in [0.717, 1.165) is 5.56 Å². The first-order valence-electron chi connectivity index (χ1n) is 5.96. The number of aliphatic hydroxyl groups excluding tert-OH is 1. The van der Waals surface area contributed by atoms with Gasteiger partial charge in [0.15, 0.2) is 17.6 Å². The van der Waals surface area contributed by atoms with Crippen molar-refractivity contribution in [1.29, 1.82) is 0 Å². The molecule has 0 radical (unpaired) electrons. The maximum absolute atomic E-state index is 10.1. The summed E-state index contributed by atoms with van der Waals surface area (Å²) < 4.78 is 11.4. The second-order valence-corrected chi connectivity index (χ2v) is 4.27. The average Bonchev–Trinajstić information content (AvgIpc) is 2.60. The molecule has 0 aliphatic carbocycles. The van der Waals surface area contributed by atoms with E-state index < -0.39 is 12.2 Å². The van der Waals surface area contributed by atoms with Gasteiger partial charge in [0.25, 0.3) is 0 Å². The third-order valence-corrected chi connectivity index (χ3v) is 2.99. The lowest BCUT2D eigenvalue weighted by molar-refractivity contribution is 0.0214. The molecule has 0 bridgehead atoms. The summed E-state index contributed by atoms with van der Waals surface area (Å²) in [6.45, 7) is 0.233. The maximum Gasteiger partial charge on any atom is 0.162 e. The second kappa shape index (κ2) is 4.70. The van der Waals surface area contributed by atoms with Gasteiger partial charge in [0.2, 0.25) is 0 Å². The number of hydrogen-bond acceptors (Lipinski definition) is 3. The fraction of sp³-hybridized carbons (Fsp3) is 0.200. The Morgan fingerprint density at radius 2 is 1.56 bits per heavy atom. The monoisotopic (exact) mass is 242 g/mol. The molecule has 3 rings (SSSR count). The van der Waals surface area contributed by atoms with Gasteiger partial charge < -0.3 is 14.6 Å². The lowest BCUT2D eigenvalue weighted by Gasteiger charge is -2.20. The minimum atomic E-state index is -0.681. The molecule has 0 aromatic heterocycles. The Kier molecular flexibility index (Phi) is 2.90. The van der Waals surface area contributed by atoms with Crippen molar-refractivity contribution >= 4 is 0 Å². The lowest BCUT2D eigenvalue weighted by atomic mass is 10.1. The summed E-state index contributed by atoms with van der Waals surface area (Å²) in [4.78, 5) is 0. The molecule has 3 nitrogen and oxygen atoms in total. The number of para-hydroxylation sites is 2. The summed E-state index contributed by atoms with van der Waals surface area (Å²) in [5.41, 5.74) is 0.949. The number of rotatable bonds is 1. The molecule has 1 N–H and O–H groups in total. The molecule has 0 saturated heterocycles. The van der Waals surface area contributed by atoms with Crippen molar-refractivity contribution < 1.29 is 14.6 Å². The summed E-state index contributed by atoms with van der Waals surface area (Å²) in [6.07, 6.45) is -1.07. The molecule has 92 valence electrons. The molecule has 0 fully saturated rings. The van der Waals surface area contributed by atoms with Gasteiger partial charge in [-0.25, -0.2) is 0 Å². The second-order valence-electron chi connectivity index (χ2n) is 4.27. The highest BCUT2D eigenvalue weighted by Crippen LogP contribution is 2.35. The summed E-state index contributed by atoms with van der Waals surface area (Å²) in [5, 5.41) is 10.1. The molecular formula is C15H14O3. The summed E-state index contributed by atoms with van der Waals surface area (Å²) in [5.74, 6) is 1.35. The van der Waals surface area contributed by atoms with E-state index in [-0.39, 0.29) is 6.61 Å². The minimum absolute atomic E-state index is 0.233. The van der Waals surface area contributed by atoms with Crippen LogP contribution in [0.2, 0.25) is 0 Å². The van der Waals surface area contributed by atoms with Crippen LogP contribution < -0.4 is 9.47 Å². The van der Waals surface area contributed by atoms with Crippen LogP contribution in [0.4, 0.5) is 0 Å². The van der Waals surface area contributed by atoms with E-state index in [2.05, 4.69) is 0 Å². The molecule has 1 aliphatic heterocycles. The number of ether oxygens (including phenoxy) is 2. The van der Waals surface area contributed by atoms with E-state index in [1.165, 1.54) is 0 Å². The van der Waals surface area contributed by atoms with Gasteiger partial charge in [0, 0.05) is 0 Å². The Bertz CT molecular complexity index is 524. The summed E-state index contributed by atoms with van der Waals surface area (Å²) >= 11 is 0. The van der Waals surface area contributed by atoms with Crippen LogP contribution in [0.1, 0.15) is 11.7 Å². The quantitative estimate of drug-likeness (QED) is 0.835. The molecule has 2 aromatic rings. The first-order chi connectivity index (χ1) is 8.84. The maximum atomic E-state index is 10.1. The predicted octanol–water partition coefficient (Wildman–Crippen LogP) is 2.56. The third-order valence-electron chi connectivity index (χ3n) is 2.99. The van der Waals surface area contributed by atoms with Crippen molar-refractivity contribution in [2.45, 2.75) is 12.2 Å². The van der Waals surface area contributed by atoms with E-state index in [1.54, 1.807) is 0 Å². The van der Waals surface area contributed by atoms with Crippen LogP contribution >= 0.6 is 0 Å². The highest BCUT2D eigenvalue weighted by Gasteiger charge is 2.28. The van der Waals surface area contributed by atoms with Crippen molar-refractivity contribution in [2.24, 2.45) is 0 Å². The van der Waals surface area contributed by atoms with E-state index in [1.807, 2.05) is 54.6 Å². The minimum Gasteiger partial charge on any atom is -0.487 e. The first kappa shape index (κ1) is 11.1. The molecule has 0 spiro atoms. The van der Waals surface area contributed by atoms with Crippen LogP contribution in [0.5, 0.6) is 11.5 Å². The molecule has 3 heteroatoms. The zero-order valence-electron chi connectivity index (χ0n) is 9.82. The van der Waals surface area contributed by atoms with Gasteiger partial charge in [0.05, 0.1) is 0 Å². The van der Waals surface area contributed by atoms with Crippen molar-refractivity contribution in [2.75, 3.05) is 6.61 Å². The van der Waals surface area contributed by atoms with Gasteiger partial charge in [-0.3, -0.25) is 0 Å². The van der Waals surface area contributed by atoms with Crippen molar-refractivity contribution in [1.82, 2.24) is 0 Å². The molecule has 2 unspecified atom stereocenters. The van der Waals surface area contributed by atoms with Crippen LogP contribution in [-0.4, -0.2) is 17.8 Å². The normalized spacial score (nSPS) is 22.3. The number of benzene rings is 2. The van der Waals surface area contributed by atoms with Crippen LogP contribution in [0.25, 0.3) is 0 Å². The van der Waals surface area contributed by atoms with Crippen LogP contribution in [-0.2, 0) is 0 Å². The molecular weight excluding hydrogens is 228 g/mol. The van der Waals surface area contributed by atoms with Crippen LogP contribution in [0.3, 0.4) is 0 Å². The SMILES string of the molecule is OC1COc2ccccc2OC1c1ccccc1. The fourth-order valence-corrected chi connectivity index (χ4v) is 2.08. The Morgan fingerprint density at radius 1 is 0.889 bits per heavy atom. The number of fused-ring (bicyclic) bond motifs is 1. The molecule has 0 saturated carbocycles. The van der Waals surface area contributed by atoms with E-state index in [0.29, 0.717) is 11.5 Å². The molecule has 1 heterocycles. The Balaban J connectivity index is 1.96. The molecule has 1 aliphatic rings. The molecule has 18 heavy (non-hydrogen) atoms. The lowest BCUT2D eigenvalue weighted by Crippen LogP contribution is -2.27. The van der Waals surface area contributed by atoms with Crippen molar-refractivity contribution in [3.63, 3.8) is 0 Å². The van der Waals surface area contributed by atoms with Gasteiger partial charge in [0.1, 0.15) is 12.7 Å². The predicted molar refractivity (Wildman–Crippen MR) is 67.8 cm³/mol. The standard InChI is InChI=1S/C15H14O3/c16-12-10-17-13-8-4-5-9-14(13)18-15(12)11-6-2-1-3-7-11/h1-9,12,15-16H,10H2. The van der Waals surface area contributed by atoms with E-state index >= 15 is 0 Å². The summed E-state index contributed by atoms with van der Waals surface area (Å²) in [7, 11) is 0. The van der Waals surface area contributed by atoms with Gasteiger partial charge in [-0.2, -0.15) is 0 Å². The number of hydrogen-bond donors (Lipinski definition) is 1. The van der Waals surface area contributed by atoms with Crippen molar-refractivity contribution in [3.05, 3.63) is 60.2 Å². The Labute approximate surface area is 106 Å². The van der Waals surface area contributed by atoms with Gasteiger partial charge in [-0.1, -0.05) is 42.5 Å². The average molecular weight is 242 g/mol. The van der Waals surface area contributed by atoms with Crippen LogP contribution in [0.15, 0.2) is 54.6 Å². The highest BCUT2D eigenvalue weighted by atomic mass is 16.6. The Morgan fingerprint density at radius 3 is 2.33 bits per heavy atom. The largest absolute Gasteiger partial charge is 0.487 e.